The van der Waals surface area contributed by atoms with E-state index in [4.69, 9.17) is 4.74 Å². The first-order chi connectivity index (χ1) is 13.0. The quantitative estimate of drug-likeness (QED) is 0.760. The van der Waals surface area contributed by atoms with Gasteiger partial charge in [-0.05, 0) is 82.1 Å². The van der Waals surface area contributed by atoms with Crippen LogP contribution in [-0.4, -0.2) is 32.7 Å². The average molecular weight is 405 g/mol. The van der Waals surface area contributed by atoms with Gasteiger partial charge in [0.05, 0.1) is 18.0 Å². The Kier molecular flexibility index (Phi) is 6.72. The van der Waals surface area contributed by atoms with E-state index in [1.54, 1.807) is 43.3 Å². The zero-order valence-corrected chi connectivity index (χ0v) is 18.0. The molecule has 152 valence electrons. The number of benzene rings is 2. The van der Waals surface area contributed by atoms with Crippen LogP contribution in [0.5, 0.6) is 5.75 Å². The predicted molar refractivity (Wildman–Crippen MR) is 114 cm³/mol. The fourth-order valence-corrected chi connectivity index (χ4v) is 3.97. The van der Waals surface area contributed by atoms with Crippen molar-refractivity contribution in [1.82, 2.24) is 0 Å². The Morgan fingerprint density at radius 3 is 2.11 bits per heavy atom. The molecule has 2 rings (SSSR count). The van der Waals surface area contributed by atoms with E-state index in [1.165, 1.54) is 0 Å². The highest BCUT2D eigenvalue weighted by Crippen LogP contribution is 2.24. The molecule has 1 amide bonds. The molecule has 0 radical (unpaired) electrons. The monoisotopic (exact) mass is 404 g/mol. The Hall–Kier alpha value is -2.54. The predicted octanol–water partition coefficient (Wildman–Crippen LogP) is 3.88. The third-order valence-electron chi connectivity index (χ3n) is 4.33. The number of rotatable bonds is 7. The maximum Gasteiger partial charge on any atom is 0.247 e. The molecule has 7 heteroatoms. The number of carbonyl (C=O) groups excluding carboxylic acids is 1. The minimum absolute atomic E-state index is 0.0572. The number of nitrogens with one attached hydrogen (secondary N) is 1. The van der Waals surface area contributed by atoms with Crippen LogP contribution in [0, 0.1) is 13.8 Å². The summed E-state index contributed by atoms with van der Waals surface area (Å²) in [5.74, 6) is 0.287. The first-order valence-electron chi connectivity index (χ1n) is 9.13. The van der Waals surface area contributed by atoms with E-state index in [0.717, 1.165) is 21.7 Å². The third kappa shape index (κ3) is 5.48. The Labute approximate surface area is 167 Å². The molecule has 0 aliphatic heterocycles. The lowest BCUT2D eigenvalue weighted by Gasteiger charge is -2.28. The van der Waals surface area contributed by atoms with Gasteiger partial charge in [0.1, 0.15) is 11.8 Å². The van der Waals surface area contributed by atoms with Crippen molar-refractivity contribution in [2.75, 3.05) is 15.9 Å². The normalized spacial score (nSPS) is 12.5. The van der Waals surface area contributed by atoms with Gasteiger partial charge in [0.2, 0.25) is 15.9 Å². The molecule has 6 nitrogen and oxygen atoms in total. The summed E-state index contributed by atoms with van der Waals surface area (Å²) in [5, 5.41) is 2.77. The highest BCUT2D eigenvalue weighted by molar-refractivity contribution is 7.92. The zero-order valence-electron chi connectivity index (χ0n) is 17.2. The van der Waals surface area contributed by atoms with Crippen molar-refractivity contribution in [2.45, 2.75) is 46.8 Å². The summed E-state index contributed by atoms with van der Waals surface area (Å²) in [6.45, 7) is 9.30. The van der Waals surface area contributed by atoms with Crippen LogP contribution in [0.3, 0.4) is 0 Å². The highest BCUT2D eigenvalue weighted by Gasteiger charge is 2.29. The lowest BCUT2D eigenvalue weighted by Crippen LogP contribution is -2.45. The van der Waals surface area contributed by atoms with E-state index >= 15 is 0 Å². The fraction of sp³-hybridized carbons (Fsp3) is 0.381. The largest absolute Gasteiger partial charge is 0.491 e. The third-order valence-corrected chi connectivity index (χ3v) is 5.57. The SMILES string of the molecule is Cc1ccc(N([C@@H](C)C(=O)Nc2ccc(OC(C)C)cc2)S(C)(=O)=O)cc1C. The van der Waals surface area contributed by atoms with Crippen LogP contribution in [0.25, 0.3) is 0 Å². The Balaban J connectivity index is 2.23. The Morgan fingerprint density at radius 1 is 1.00 bits per heavy atom. The van der Waals surface area contributed by atoms with Crippen molar-refractivity contribution in [3.05, 3.63) is 53.6 Å². The minimum Gasteiger partial charge on any atom is -0.491 e. The van der Waals surface area contributed by atoms with Crippen LogP contribution in [0.15, 0.2) is 42.5 Å². The van der Waals surface area contributed by atoms with Gasteiger partial charge in [-0.1, -0.05) is 6.07 Å². The Morgan fingerprint density at radius 2 is 1.61 bits per heavy atom. The maximum absolute atomic E-state index is 12.7. The highest BCUT2D eigenvalue weighted by atomic mass is 32.2. The smallest absolute Gasteiger partial charge is 0.247 e. The molecule has 0 saturated carbocycles. The lowest BCUT2D eigenvalue weighted by molar-refractivity contribution is -0.116. The van der Waals surface area contributed by atoms with E-state index in [9.17, 15) is 13.2 Å². The molecule has 0 unspecified atom stereocenters. The number of carbonyl (C=O) groups is 1. The molecule has 0 aliphatic rings. The van der Waals surface area contributed by atoms with Crippen molar-refractivity contribution < 1.29 is 17.9 Å². The van der Waals surface area contributed by atoms with Gasteiger partial charge < -0.3 is 10.1 Å². The second kappa shape index (κ2) is 8.65. The molecule has 2 aromatic carbocycles. The maximum atomic E-state index is 12.7. The van der Waals surface area contributed by atoms with Crippen molar-refractivity contribution in [1.29, 1.82) is 0 Å². The van der Waals surface area contributed by atoms with Crippen LogP contribution in [0.4, 0.5) is 11.4 Å². The minimum atomic E-state index is -3.65. The summed E-state index contributed by atoms with van der Waals surface area (Å²) in [6.07, 6.45) is 1.16. The van der Waals surface area contributed by atoms with Crippen molar-refractivity contribution in [3.63, 3.8) is 0 Å². The van der Waals surface area contributed by atoms with Gasteiger partial charge in [0.15, 0.2) is 0 Å². The number of sulfonamides is 1. The molecule has 0 aliphatic carbocycles. The molecule has 0 aromatic heterocycles. The van der Waals surface area contributed by atoms with Gasteiger partial charge in [0, 0.05) is 5.69 Å². The fourth-order valence-electron chi connectivity index (χ4n) is 2.81. The molecular formula is C21H28N2O4S. The van der Waals surface area contributed by atoms with Crippen molar-refractivity contribution >= 4 is 27.3 Å². The molecule has 1 atom stereocenters. The summed E-state index contributed by atoms with van der Waals surface area (Å²) in [6, 6.07) is 11.4. The summed E-state index contributed by atoms with van der Waals surface area (Å²) in [7, 11) is -3.65. The molecule has 0 spiro atoms. The molecule has 0 fully saturated rings. The van der Waals surface area contributed by atoms with Crippen LogP contribution in [0.1, 0.15) is 31.9 Å². The first kappa shape index (κ1) is 21.8. The van der Waals surface area contributed by atoms with Gasteiger partial charge >= 0.3 is 0 Å². The number of hydrogen-bond acceptors (Lipinski definition) is 4. The summed E-state index contributed by atoms with van der Waals surface area (Å²) in [5.41, 5.74) is 3.05. The number of nitrogens with zero attached hydrogens (tertiary/aromatic N) is 1. The second-order valence-corrected chi connectivity index (χ2v) is 9.04. The topological polar surface area (TPSA) is 75.7 Å². The van der Waals surface area contributed by atoms with E-state index in [-0.39, 0.29) is 6.10 Å². The summed E-state index contributed by atoms with van der Waals surface area (Å²) < 4.78 is 31.5. The van der Waals surface area contributed by atoms with E-state index < -0.39 is 22.0 Å². The second-order valence-electron chi connectivity index (χ2n) is 7.18. The van der Waals surface area contributed by atoms with Gasteiger partial charge in [-0.25, -0.2) is 8.42 Å². The summed E-state index contributed by atoms with van der Waals surface area (Å²) in [4.78, 5) is 12.7. The Bertz CT molecular complexity index is 937. The molecular weight excluding hydrogens is 376 g/mol. The average Bonchev–Trinajstić information content (AvgIpc) is 2.58. The van der Waals surface area contributed by atoms with Crippen molar-refractivity contribution in [2.24, 2.45) is 0 Å². The zero-order chi connectivity index (χ0) is 21.1. The van der Waals surface area contributed by atoms with Crippen LogP contribution in [-0.2, 0) is 14.8 Å². The molecule has 0 heterocycles. The molecule has 0 bridgehead atoms. The summed E-state index contributed by atoms with van der Waals surface area (Å²) >= 11 is 0. The van der Waals surface area contributed by atoms with E-state index in [0.29, 0.717) is 17.1 Å². The molecule has 28 heavy (non-hydrogen) atoms. The van der Waals surface area contributed by atoms with E-state index in [2.05, 4.69) is 5.32 Å². The number of ether oxygens (including phenoxy) is 1. The lowest BCUT2D eigenvalue weighted by atomic mass is 10.1. The number of amides is 1. The first-order valence-corrected chi connectivity index (χ1v) is 11.0. The van der Waals surface area contributed by atoms with Crippen LogP contribution >= 0.6 is 0 Å². The van der Waals surface area contributed by atoms with Crippen LogP contribution in [0.2, 0.25) is 0 Å². The van der Waals surface area contributed by atoms with E-state index in [1.807, 2.05) is 33.8 Å². The van der Waals surface area contributed by atoms with Gasteiger partial charge in [-0.3, -0.25) is 9.10 Å². The molecule has 1 N–H and O–H groups in total. The number of anilines is 2. The number of hydrogen-bond donors (Lipinski definition) is 1. The van der Waals surface area contributed by atoms with Crippen LogP contribution < -0.4 is 14.4 Å². The molecule has 0 saturated heterocycles. The van der Waals surface area contributed by atoms with Crippen molar-refractivity contribution in [3.8, 4) is 5.75 Å². The molecule has 2 aromatic rings. The van der Waals surface area contributed by atoms with Gasteiger partial charge in [-0.15, -0.1) is 0 Å². The van der Waals surface area contributed by atoms with Gasteiger partial charge in [0.25, 0.3) is 0 Å². The number of aryl methyl sites for hydroxylation is 2. The van der Waals surface area contributed by atoms with Gasteiger partial charge in [-0.2, -0.15) is 0 Å². The standard InChI is InChI=1S/C21H28N2O4S/c1-14(2)27-20-11-8-18(9-12-20)22-21(24)17(5)23(28(6,25)26)19-10-7-15(3)16(4)13-19/h7-14,17H,1-6H3,(H,22,24)/t17-/m0/s1.